The van der Waals surface area contributed by atoms with Gasteiger partial charge in [-0.1, -0.05) is 13.3 Å². The molecule has 88 valence electrons. The summed E-state index contributed by atoms with van der Waals surface area (Å²) in [5.74, 6) is 0.651. The van der Waals surface area contributed by atoms with E-state index in [1.165, 1.54) is 19.3 Å². The van der Waals surface area contributed by atoms with Gasteiger partial charge in [-0.25, -0.2) is 0 Å². The smallest absolute Gasteiger partial charge is 0.307 e. The molecular weight excluding hydrogens is 190 g/mol. The number of ether oxygens (including phenoxy) is 1. The van der Waals surface area contributed by atoms with Crippen molar-refractivity contribution in [2.45, 2.75) is 58.5 Å². The fourth-order valence-electron chi connectivity index (χ4n) is 2.29. The summed E-state index contributed by atoms with van der Waals surface area (Å²) in [5, 5.41) is 3.52. The lowest BCUT2D eigenvalue weighted by Crippen LogP contribution is -2.39. The van der Waals surface area contributed by atoms with E-state index in [4.69, 9.17) is 4.74 Å². The van der Waals surface area contributed by atoms with Crippen LogP contribution in [0.2, 0.25) is 0 Å². The van der Waals surface area contributed by atoms with Crippen LogP contribution < -0.4 is 5.32 Å². The first-order valence-corrected chi connectivity index (χ1v) is 6.05. The maximum Gasteiger partial charge on any atom is 0.307 e. The second kappa shape index (κ2) is 6.11. The molecule has 0 heterocycles. The molecule has 0 aromatic heterocycles. The van der Waals surface area contributed by atoms with Gasteiger partial charge in [0.1, 0.15) is 0 Å². The van der Waals surface area contributed by atoms with Gasteiger partial charge in [-0.3, -0.25) is 4.79 Å². The minimum atomic E-state index is -0.0943. The lowest BCUT2D eigenvalue weighted by Gasteiger charge is -2.22. The molecule has 0 saturated heterocycles. The van der Waals surface area contributed by atoms with Crippen LogP contribution in [0.1, 0.15) is 46.5 Å². The Morgan fingerprint density at radius 2 is 2.27 bits per heavy atom. The second-order valence-electron chi connectivity index (χ2n) is 4.59. The predicted molar refractivity (Wildman–Crippen MR) is 60.7 cm³/mol. The van der Waals surface area contributed by atoms with E-state index >= 15 is 0 Å². The van der Waals surface area contributed by atoms with Crippen LogP contribution in [0.15, 0.2) is 0 Å². The molecule has 1 saturated carbocycles. The minimum absolute atomic E-state index is 0.0943. The molecule has 1 N–H and O–H groups in total. The summed E-state index contributed by atoms with van der Waals surface area (Å²) in [4.78, 5) is 11.2. The van der Waals surface area contributed by atoms with E-state index < -0.39 is 0 Å². The highest BCUT2D eigenvalue weighted by atomic mass is 16.5. The van der Waals surface area contributed by atoms with Crippen molar-refractivity contribution in [2.75, 3.05) is 6.61 Å². The van der Waals surface area contributed by atoms with Gasteiger partial charge in [0.2, 0.25) is 0 Å². The quantitative estimate of drug-likeness (QED) is 0.711. The second-order valence-corrected chi connectivity index (χ2v) is 4.59. The Bertz CT molecular complexity index is 206. The van der Waals surface area contributed by atoms with E-state index in [2.05, 4.69) is 19.2 Å². The van der Waals surface area contributed by atoms with Gasteiger partial charge in [0.15, 0.2) is 0 Å². The minimum Gasteiger partial charge on any atom is -0.466 e. The summed E-state index contributed by atoms with van der Waals surface area (Å²) in [6.07, 6.45) is 4.35. The Hall–Kier alpha value is -0.570. The molecule has 3 nitrogen and oxygen atoms in total. The molecule has 0 aromatic carbocycles. The van der Waals surface area contributed by atoms with Crippen LogP contribution in [-0.4, -0.2) is 24.7 Å². The van der Waals surface area contributed by atoms with Gasteiger partial charge < -0.3 is 10.1 Å². The highest BCUT2D eigenvalue weighted by molar-refractivity contribution is 5.70. The van der Waals surface area contributed by atoms with E-state index in [9.17, 15) is 4.79 Å². The zero-order chi connectivity index (χ0) is 11.3. The third-order valence-corrected chi connectivity index (χ3v) is 3.14. The van der Waals surface area contributed by atoms with Crippen LogP contribution in [0.3, 0.4) is 0 Å². The van der Waals surface area contributed by atoms with Crippen LogP contribution in [0, 0.1) is 5.92 Å². The van der Waals surface area contributed by atoms with Crippen LogP contribution in [0.25, 0.3) is 0 Å². The molecule has 1 aliphatic rings. The van der Waals surface area contributed by atoms with E-state index in [0.717, 1.165) is 5.92 Å². The van der Waals surface area contributed by atoms with Gasteiger partial charge in [0.05, 0.1) is 13.0 Å². The first kappa shape index (κ1) is 12.5. The van der Waals surface area contributed by atoms with Crippen LogP contribution >= 0.6 is 0 Å². The summed E-state index contributed by atoms with van der Waals surface area (Å²) in [5.41, 5.74) is 0. The van der Waals surface area contributed by atoms with Crippen molar-refractivity contribution >= 4 is 5.97 Å². The molecule has 1 aliphatic carbocycles. The fourth-order valence-corrected chi connectivity index (χ4v) is 2.29. The summed E-state index contributed by atoms with van der Waals surface area (Å²) in [6, 6.07) is 0.823. The zero-order valence-electron chi connectivity index (χ0n) is 10.1. The molecule has 1 rings (SSSR count). The van der Waals surface area contributed by atoms with E-state index in [1.54, 1.807) is 0 Å². The molecule has 3 heteroatoms. The van der Waals surface area contributed by atoms with Crippen molar-refractivity contribution in [3.63, 3.8) is 0 Å². The fraction of sp³-hybridized carbons (Fsp3) is 0.917. The van der Waals surface area contributed by atoms with Gasteiger partial charge in [-0.2, -0.15) is 0 Å². The maximum absolute atomic E-state index is 11.2. The standard InChI is InChI=1S/C12H23NO2/c1-4-15-12(14)8-10(3)13-11-7-5-6-9(11)2/h9-11,13H,4-8H2,1-3H3. The predicted octanol–water partition coefficient (Wildman–Crippen LogP) is 2.11. The molecular formula is C12H23NO2. The van der Waals surface area contributed by atoms with Crippen molar-refractivity contribution in [3.8, 4) is 0 Å². The molecule has 0 radical (unpaired) electrons. The van der Waals surface area contributed by atoms with Crippen molar-refractivity contribution in [3.05, 3.63) is 0 Å². The van der Waals surface area contributed by atoms with Gasteiger partial charge in [-0.05, 0) is 32.6 Å². The number of hydrogen-bond acceptors (Lipinski definition) is 3. The third kappa shape index (κ3) is 4.20. The Labute approximate surface area is 92.6 Å². The highest BCUT2D eigenvalue weighted by Gasteiger charge is 2.24. The van der Waals surface area contributed by atoms with E-state index in [-0.39, 0.29) is 12.0 Å². The molecule has 0 bridgehead atoms. The monoisotopic (exact) mass is 213 g/mol. The van der Waals surface area contributed by atoms with Crippen LogP contribution in [0.5, 0.6) is 0 Å². The Morgan fingerprint density at radius 3 is 2.80 bits per heavy atom. The summed E-state index contributed by atoms with van der Waals surface area (Å²) >= 11 is 0. The Kier molecular flexibility index (Phi) is 5.09. The van der Waals surface area contributed by atoms with Gasteiger partial charge >= 0.3 is 5.97 Å². The van der Waals surface area contributed by atoms with Crippen LogP contribution in [0.4, 0.5) is 0 Å². The normalized spacial score (nSPS) is 27.7. The zero-order valence-corrected chi connectivity index (χ0v) is 10.1. The average Bonchev–Trinajstić information content (AvgIpc) is 2.52. The number of hydrogen-bond donors (Lipinski definition) is 1. The van der Waals surface area contributed by atoms with Crippen molar-refractivity contribution in [2.24, 2.45) is 5.92 Å². The number of carbonyl (C=O) groups is 1. The van der Waals surface area contributed by atoms with Crippen molar-refractivity contribution in [1.82, 2.24) is 5.32 Å². The Balaban J connectivity index is 2.22. The summed E-state index contributed by atoms with van der Waals surface area (Å²) < 4.78 is 4.92. The van der Waals surface area contributed by atoms with Crippen LogP contribution in [-0.2, 0) is 9.53 Å². The molecule has 0 amide bonds. The van der Waals surface area contributed by atoms with E-state index in [1.807, 2.05) is 6.92 Å². The van der Waals surface area contributed by atoms with Gasteiger partial charge in [-0.15, -0.1) is 0 Å². The molecule has 3 unspecified atom stereocenters. The molecule has 0 spiro atoms. The molecule has 0 aromatic rings. The van der Waals surface area contributed by atoms with Gasteiger partial charge in [0, 0.05) is 12.1 Å². The highest BCUT2D eigenvalue weighted by Crippen LogP contribution is 2.25. The maximum atomic E-state index is 11.2. The number of nitrogens with one attached hydrogen (secondary N) is 1. The summed E-state index contributed by atoms with van der Waals surface area (Å²) in [7, 11) is 0. The summed E-state index contributed by atoms with van der Waals surface area (Å²) in [6.45, 7) is 6.66. The molecule has 0 aliphatic heterocycles. The first-order chi connectivity index (χ1) is 7.13. The number of carbonyl (C=O) groups excluding carboxylic acids is 1. The topological polar surface area (TPSA) is 38.3 Å². The van der Waals surface area contributed by atoms with Crippen molar-refractivity contribution in [1.29, 1.82) is 0 Å². The lowest BCUT2D eigenvalue weighted by molar-refractivity contribution is -0.143. The Morgan fingerprint density at radius 1 is 1.53 bits per heavy atom. The SMILES string of the molecule is CCOC(=O)CC(C)NC1CCCC1C. The molecule has 15 heavy (non-hydrogen) atoms. The largest absolute Gasteiger partial charge is 0.466 e. The number of rotatable bonds is 5. The van der Waals surface area contributed by atoms with Crippen molar-refractivity contribution < 1.29 is 9.53 Å². The number of esters is 1. The first-order valence-electron chi connectivity index (χ1n) is 6.05. The molecule has 3 atom stereocenters. The third-order valence-electron chi connectivity index (χ3n) is 3.14. The van der Waals surface area contributed by atoms with Gasteiger partial charge in [0.25, 0.3) is 0 Å². The lowest BCUT2D eigenvalue weighted by atomic mass is 10.1. The average molecular weight is 213 g/mol. The molecule has 1 fully saturated rings. The van der Waals surface area contributed by atoms with E-state index in [0.29, 0.717) is 19.1 Å².